The molecule has 7 nitrogen and oxygen atoms in total. The number of hydrogen-bond acceptors (Lipinski definition) is 4. The lowest BCUT2D eigenvalue weighted by Crippen LogP contribution is -2.43. The van der Waals surface area contributed by atoms with E-state index in [1.165, 1.54) is 0 Å². The van der Waals surface area contributed by atoms with Gasteiger partial charge in [0, 0.05) is 26.1 Å². The van der Waals surface area contributed by atoms with E-state index in [0.29, 0.717) is 26.1 Å². The highest BCUT2D eigenvalue weighted by molar-refractivity contribution is 5.86. The van der Waals surface area contributed by atoms with Crippen LogP contribution in [0.25, 0.3) is 0 Å². The van der Waals surface area contributed by atoms with Crippen molar-refractivity contribution < 1.29 is 14.4 Å². The van der Waals surface area contributed by atoms with Gasteiger partial charge in [-0.05, 0) is 0 Å². The molecule has 1 aliphatic heterocycles. The molecule has 0 aromatic rings. The summed E-state index contributed by atoms with van der Waals surface area (Å²) in [5.74, 6) is -0.614. The van der Waals surface area contributed by atoms with Crippen LogP contribution < -0.4 is 16.4 Å². The van der Waals surface area contributed by atoms with E-state index < -0.39 is 0 Å². The van der Waals surface area contributed by atoms with Crippen molar-refractivity contribution in [3.8, 4) is 0 Å². The third-order valence-corrected chi connectivity index (χ3v) is 2.29. The number of rotatable bonds is 3. The van der Waals surface area contributed by atoms with Crippen molar-refractivity contribution in [2.45, 2.75) is 6.42 Å². The van der Waals surface area contributed by atoms with E-state index in [4.69, 9.17) is 5.73 Å². The molecule has 0 spiro atoms. The van der Waals surface area contributed by atoms with E-state index in [1.807, 2.05) is 0 Å². The monoisotopic (exact) mass is 228 g/mol. The minimum Gasteiger partial charge on any atom is -0.354 e. The lowest BCUT2D eigenvalue weighted by Gasteiger charge is -2.19. The summed E-state index contributed by atoms with van der Waals surface area (Å²) in [5.41, 5.74) is 5.09. The lowest BCUT2D eigenvalue weighted by molar-refractivity contribution is -0.132. The van der Waals surface area contributed by atoms with Gasteiger partial charge >= 0.3 is 0 Å². The van der Waals surface area contributed by atoms with Gasteiger partial charge in [-0.3, -0.25) is 14.4 Å². The molecule has 0 unspecified atom stereocenters. The van der Waals surface area contributed by atoms with Gasteiger partial charge in [-0.25, -0.2) is 0 Å². The Balaban J connectivity index is 2.35. The highest BCUT2D eigenvalue weighted by Crippen LogP contribution is 1.96. The number of hydrogen-bond donors (Lipinski definition) is 3. The number of nitrogens with zero attached hydrogens (tertiary/aromatic N) is 1. The average Bonchev–Trinajstić information content (AvgIpc) is 2.50. The number of carbonyl (C=O) groups excluding carboxylic acids is 3. The molecule has 1 aliphatic rings. The zero-order valence-electron chi connectivity index (χ0n) is 8.99. The van der Waals surface area contributed by atoms with E-state index in [1.54, 1.807) is 4.90 Å². The molecule has 1 fully saturated rings. The van der Waals surface area contributed by atoms with Crippen molar-refractivity contribution in [2.24, 2.45) is 5.73 Å². The van der Waals surface area contributed by atoms with Crippen molar-refractivity contribution in [1.82, 2.24) is 15.5 Å². The molecule has 90 valence electrons. The van der Waals surface area contributed by atoms with Crippen LogP contribution in [0.1, 0.15) is 6.42 Å². The first kappa shape index (κ1) is 12.4. The first-order valence-electron chi connectivity index (χ1n) is 5.14. The lowest BCUT2D eigenvalue weighted by atomic mass is 10.3. The Hall–Kier alpha value is -1.63. The van der Waals surface area contributed by atoms with Gasteiger partial charge in [0.2, 0.25) is 17.7 Å². The smallest absolute Gasteiger partial charge is 0.242 e. The number of amides is 3. The molecular weight excluding hydrogens is 212 g/mol. The fourth-order valence-corrected chi connectivity index (χ4v) is 1.37. The standard InChI is InChI=1S/C9H16N4O3/c10-5-8(15)12-6-9(16)13-3-1-7(14)11-2-4-13/h1-6,10H2,(H,11,14)(H,12,15). The molecule has 0 aromatic carbocycles. The first-order valence-corrected chi connectivity index (χ1v) is 5.14. The summed E-state index contributed by atoms with van der Waals surface area (Å²) in [6.07, 6.45) is 0.302. The summed E-state index contributed by atoms with van der Waals surface area (Å²) in [5, 5.41) is 5.07. The Kier molecular flexibility index (Phi) is 4.71. The average molecular weight is 228 g/mol. The normalized spacial score (nSPS) is 16.3. The zero-order valence-corrected chi connectivity index (χ0v) is 8.99. The summed E-state index contributed by atoms with van der Waals surface area (Å²) >= 11 is 0. The highest BCUT2D eigenvalue weighted by Gasteiger charge is 2.18. The van der Waals surface area contributed by atoms with Crippen LogP contribution in [0.2, 0.25) is 0 Å². The van der Waals surface area contributed by atoms with E-state index in [-0.39, 0.29) is 30.8 Å². The zero-order chi connectivity index (χ0) is 12.0. The highest BCUT2D eigenvalue weighted by atomic mass is 16.2. The third-order valence-electron chi connectivity index (χ3n) is 2.29. The Labute approximate surface area is 93.3 Å². The van der Waals surface area contributed by atoms with Gasteiger partial charge in [0.05, 0.1) is 13.1 Å². The Morgan fingerprint density at radius 2 is 2.19 bits per heavy atom. The predicted octanol–water partition coefficient (Wildman–Crippen LogP) is -2.59. The number of nitrogens with one attached hydrogen (secondary N) is 2. The molecule has 1 rings (SSSR count). The van der Waals surface area contributed by atoms with Crippen molar-refractivity contribution in [3.05, 3.63) is 0 Å². The quantitative estimate of drug-likeness (QED) is 0.493. The topological polar surface area (TPSA) is 105 Å². The van der Waals surface area contributed by atoms with Crippen molar-refractivity contribution in [3.63, 3.8) is 0 Å². The van der Waals surface area contributed by atoms with Gasteiger partial charge < -0.3 is 21.3 Å². The van der Waals surface area contributed by atoms with Crippen molar-refractivity contribution >= 4 is 17.7 Å². The van der Waals surface area contributed by atoms with Crippen LogP contribution in [-0.2, 0) is 14.4 Å². The Bertz CT molecular complexity index is 292. The van der Waals surface area contributed by atoms with Gasteiger partial charge in [-0.1, -0.05) is 0 Å². The molecule has 0 aromatic heterocycles. The number of carbonyl (C=O) groups is 3. The van der Waals surface area contributed by atoms with E-state index in [9.17, 15) is 14.4 Å². The van der Waals surface area contributed by atoms with Gasteiger partial charge in [-0.2, -0.15) is 0 Å². The maximum absolute atomic E-state index is 11.6. The van der Waals surface area contributed by atoms with E-state index in [2.05, 4.69) is 10.6 Å². The fourth-order valence-electron chi connectivity index (χ4n) is 1.37. The van der Waals surface area contributed by atoms with Crippen LogP contribution >= 0.6 is 0 Å². The van der Waals surface area contributed by atoms with Gasteiger partial charge in [-0.15, -0.1) is 0 Å². The molecule has 16 heavy (non-hydrogen) atoms. The Morgan fingerprint density at radius 3 is 2.88 bits per heavy atom. The first-order chi connectivity index (χ1) is 7.63. The van der Waals surface area contributed by atoms with Gasteiger partial charge in [0.1, 0.15) is 0 Å². The molecule has 1 heterocycles. The summed E-state index contributed by atoms with van der Waals surface area (Å²) < 4.78 is 0. The summed E-state index contributed by atoms with van der Waals surface area (Å²) in [4.78, 5) is 35.0. The molecule has 0 radical (unpaired) electrons. The van der Waals surface area contributed by atoms with Crippen LogP contribution in [0, 0.1) is 0 Å². The van der Waals surface area contributed by atoms with Crippen LogP contribution in [0.4, 0.5) is 0 Å². The second-order valence-electron chi connectivity index (χ2n) is 3.46. The molecule has 0 bridgehead atoms. The minimum absolute atomic E-state index is 0.0544. The molecule has 0 aliphatic carbocycles. The maximum atomic E-state index is 11.6. The van der Waals surface area contributed by atoms with Crippen LogP contribution in [0.5, 0.6) is 0 Å². The van der Waals surface area contributed by atoms with Crippen LogP contribution in [0.3, 0.4) is 0 Å². The van der Waals surface area contributed by atoms with E-state index >= 15 is 0 Å². The SMILES string of the molecule is NCC(=O)NCC(=O)N1CCNC(=O)CC1. The molecule has 0 atom stereocenters. The summed E-state index contributed by atoms with van der Waals surface area (Å²) in [6.45, 7) is 1.12. The molecule has 7 heteroatoms. The fraction of sp³-hybridized carbons (Fsp3) is 0.667. The molecular formula is C9H16N4O3. The summed E-state index contributed by atoms with van der Waals surface area (Å²) in [6, 6.07) is 0. The molecule has 3 amide bonds. The predicted molar refractivity (Wildman–Crippen MR) is 56.3 cm³/mol. The minimum atomic E-state index is -0.364. The number of nitrogens with two attached hydrogens (primary N) is 1. The molecule has 1 saturated heterocycles. The van der Waals surface area contributed by atoms with Gasteiger partial charge in [0.15, 0.2) is 0 Å². The largest absolute Gasteiger partial charge is 0.354 e. The van der Waals surface area contributed by atoms with E-state index in [0.717, 1.165) is 0 Å². The maximum Gasteiger partial charge on any atom is 0.242 e. The van der Waals surface area contributed by atoms with Gasteiger partial charge in [0.25, 0.3) is 0 Å². The van der Waals surface area contributed by atoms with Crippen molar-refractivity contribution in [2.75, 3.05) is 32.7 Å². The molecule has 0 saturated carbocycles. The second kappa shape index (κ2) is 6.06. The Morgan fingerprint density at radius 1 is 1.44 bits per heavy atom. The second-order valence-corrected chi connectivity index (χ2v) is 3.46. The van der Waals surface area contributed by atoms with Crippen LogP contribution in [0.15, 0.2) is 0 Å². The van der Waals surface area contributed by atoms with Crippen LogP contribution in [-0.4, -0.2) is 55.3 Å². The summed E-state index contributed by atoms with van der Waals surface area (Å²) in [7, 11) is 0. The van der Waals surface area contributed by atoms with Crippen molar-refractivity contribution in [1.29, 1.82) is 0 Å². The molecule has 4 N–H and O–H groups in total. The third kappa shape index (κ3) is 3.85.